The largest absolute Gasteiger partial charge is 0.322 e. The predicted molar refractivity (Wildman–Crippen MR) is 87.7 cm³/mol. The fourth-order valence-electron chi connectivity index (χ4n) is 2.12. The van der Waals surface area contributed by atoms with Crippen molar-refractivity contribution in [2.75, 3.05) is 12.4 Å². The van der Waals surface area contributed by atoms with Gasteiger partial charge < -0.3 is 10.6 Å². The normalized spacial score (nSPS) is 12.0. The van der Waals surface area contributed by atoms with E-state index in [-0.39, 0.29) is 5.91 Å². The molecular formula is C18H22N2O. The first kappa shape index (κ1) is 15.3. The number of anilines is 1. The van der Waals surface area contributed by atoms with Crippen LogP contribution in [0.1, 0.15) is 41.4 Å². The molecule has 3 nitrogen and oxygen atoms in total. The van der Waals surface area contributed by atoms with E-state index in [1.807, 2.05) is 55.6 Å². The molecule has 21 heavy (non-hydrogen) atoms. The minimum Gasteiger partial charge on any atom is -0.322 e. The summed E-state index contributed by atoms with van der Waals surface area (Å²) < 4.78 is 0. The van der Waals surface area contributed by atoms with Crippen LogP contribution in [-0.4, -0.2) is 13.0 Å². The fourth-order valence-corrected chi connectivity index (χ4v) is 2.12. The summed E-state index contributed by atoms with van der Waals surface area (Å²) >= 11 is 0. The standard InChI is InChI=1S/C18H22N2O/c1-4-14-5-7-16(8-6-14)18(21)20-17-11-9-15(10-12-17)13(2)19-3/h5-13,19H,4H2,1-3H3,(H,20,21). The van der Waals surface area contributed by atoms with Gasteiger partial charge in [-0.2, -0.15) is 0 Å². The molecule has 1 atom stereocenters. The maximum absolute atomic E-state index is 12.2. The molecule has 2 aromatic carbocycles. The molecule has 2 rings (SSSR count). The molecule has 0 aromatic heterocycles. The number of rotatable bonds is 5. The number of carbonyl (C=O) groups excluding carboxylic acids is 1. The van der Waals surface area contributed by atoms with Gasteiger partial charge in [-0.25, -0.2) is 0 Å². The van der Waals surface area contributed by atoms with Crippen molar-refractivity contribution in [3.8, 4) is 0 Å². The number of aryl methyl sites for hydroxylation is 1. The fraction of sp³-hybridized carbons (Fsp3) is 0.278. The van der Waals surface area contributed by atoms with Crippen molar-refractivity contribution in [3.05, 3.63) is 65.2 Å². The molecule has 0 fully saturated rings. The minimum absolute atomic E-state index is 0.0768. The third kappa shape index (κ3) is 3.92. The molecule has 0 saturated carbocycles. The van der Waals surface area contributed by atoms with Crippen molar-refractivity contribution in [1.82, 2.24) is 5.32 Å². The zero-order valence-corrected chi connectivity index (χ0v) is 12.8. The highest BCUT2D eigenvalue weighted by Crippen LogP contribution is 2.16. The highest BCUT2D eigenvalue weighted by Gasteiger charge is 2.07. The maximum atomic E-state index is 12.2. The molecule has 110 valence electrons. The smallest absolute Gasteiger partial charge is 0.255 e. The molecule has 2 aromatic rings. The van der Waals surface area contributed by atoms with Crippen LogP contribution in [0.5, 0.6) is 0 Å². The van der Waals surface area contributed by atoms with Gasteiger partial charge in [0.25, 0.3) is 5.91 Å². The molecule has 0 heterocycles. The van der Waals surface area contributed by atoms with Gasteiger partial charge in [0.2, 0.25) is 0 Å². The van der Waals surface area contributed by atoms with E-state index in [1.54, 1.807) is 0 Å². The SMILES string of the molecule is CCc1ccc(C(=O)Nc2ccc(C(C)NC)cc2)cc1. The Bertz CT molecular complexity index is 588. The van der Waals surface area contributed by atoms with E-state index < -0.39 is 0 Å². The zero-order valence-electron chi connectivity index (χ0n) is 12.8. The van der Waals surface area contributed by atoms with Crippen LogP contribution in [0.15, 0.2) is 48.5 Å². The minimum atomic E-state index is -0.0768. The van der Waals surface area contributed by atoms with Gasteiger partial charge in [-0.3, -0.25) is 4.79 Å². The molecule has 0 aliphatic carbocycles. The summed E-state index contributed by atoms with van der Waals surface area (Å²) in [5, 5.41) is 6.11. The lowest BCUT2D eigenvalue weighted by molar-refractivity contribution is 0.102. The lowest BCUT2D eigenvalue weighted by Gasteiger charge is -2.11. The third-order valence-electron chi connectivity index (χ3n) is 3.73. The molecule has 0 spiro atoms. The van der Waals surface area contributed by atoms with Crippen LogP contribution in [-0.2, 0) is 6.42 Å². The molecule has 2 N–H and O–H groups in total. The van der Waals surface area contributed by atoms with Crippen molar-refractivity contribution in [1.29, 1.82) is 0 Å². The van der Waals surface area contributed by atoms with E-state index in [9.17, 15) is 4.79 Å². The molecule has 0 bridgehead atoms. The van der Waals surface area contributed by atoms with Crippen molar-refractivity contribution in [3.63, 3.8) is 0 Å². The molecule has 1 unspecified atom stereocenters. The summed E-state index contributed by atoms with van der Waals surface area (Å²) in [6, 6.07) is 15.9. The highest BCUT2D eigenvalue weighted by atomic mass is 16.1. The first-order valence-electron chi connectivity index (χ1n) is 7.31. The Balaban J connectivity index is 2.04. The lowest BCUT2D eigenvalue weighted by Crippen LogP contribution is -2.13. The van der Waals surface area contributed by atoms with Gasteiger partial charge in [0.15, 0.2) is 0 Å². The Kier molecular flexibility index (Phi) is 5.12. The second-order valence-electron chi connectivity index (χ2n) is 5.14. The van der Waals surface area contributed by atoms with Crippen LogP contribution in [0.2, 0.25) is 0 Å². The van der Waals surface area contributed by atoms with Crippen LogP contribution in [0.3, 0.4) is 0 Å². The molecule has 3 heteroatoms. The topological polar surface area (TPSA) is 41.1 Å². The number of nitrogens with one attached hydrogen (secondary N) is 2. The van der Waals surface area contributed by atoms with Crippen molar-refractivity contribution >= 4 is 11.6 Å². The van der Waals surface area contributed by atoms with Gasteiger partial charge in [0, 0.05) is 17.3 Å². The molecule has 1 amide bonds. The van der Waals surface area contributed by atoms with Gasteiger partial charge in [-0.1, -0.05) is 31.2 Å². The van der Waals surface area contributed by atoms with Crippen molar-refractivity contribution < 1.29 is 4.79 Å². The molecule has 0 saturated heterocycles. The average Bonchev–Trinajstić information content (AvgIpc) is 2.55. The third-order valence-corrected chi connectivity index (χ3v) is 3.73. The number of benzene rings is 2. The Morgan fingerprint density at radius 3 is 2.19 bits per heavy atom. The van der Waals surface area contributed by atoms with Crippen molar-refractivity contribution in [2.45, 2.75) is 26.3 Å². The van der Waals surface area contributed by atoms with E-state index in [4.69, 9.17) is 0 Å². The predicted octanol–water partition coefficient (Wildman–Crippen LogP) is 3.78. The van der Waals surface area contributed by atoms with Crippen LogP contribution in [0, 0.1) is 0 Å². The van der Waals surface area contributed by atoms with E-state index in [2.05, 4.69) is 24.5 Å². The first-order chi connectivity index (χ1) is 10.1. The van der Waals surface area contributed by atoms with Crippen LogP contribution < -0.4 is 10.6 Å². The molecular weight excluding hydrogens is 260 g/mol. The zero-order chi connectivity index (χ0) is 15.2. The number of hydrogen-bond acceptors (Lipinski definition) is 2. The summed E-state index contributed by atoms with van der Waals surface area (Å²) in [5.74, 6) is -0.0768. The second kappa shape index (κ2) is 7.04. The maximum Gasteiger partial charge on any atom is 0.255 e. The number of carbonyl (C=O) groups is 1. The van der Waals surface area contributed by atoms with Crippen molar-refractivity contribution in [2.24, 2.45) is 0 Å². The summed E-state index contributed by atoms with van der Waals surface area (Å²) in [4.78, 5) is 12.2. The summed E-state index contributed by atoms with van der Waals surface area (Å²) in [5.41, 5.74) is 3.92. The van der Waals surface area contributed by atoms with Gasteiger partial charge in [0.1, 0.15) is 0 Å². The molecule has 0 aliphatic heterocycles. The van der Waals surface area contributed by atoms with Crippen LogP contribution in [0.25, 0.3) is 0 Å². The van der Waals surface area contributed by atoms with Crippen LogP contribution in [0.4, 0.5) is 5.69 Å². The second-order valence-corrected chi connectivity index (χ2v) is 5.14. The Morgan fingerprint density at radius 2 is 1.67 bits per heavy atom. The van der Waals surface area contributed by atoms with Gasteiger partial charge >= 0.3 is 0 Å². The van der Waals surface area contributed by atoms with E-state index in [0.29, 0.717) is 11.6 Å². The van der Waals surface area contributed by atoms with E-state index in [0.717, 1.165) is 12.1 Å². The summed E-state index contributed by atoms with van der Waals surface area (Å²) in [6.45, 7) is 4.20. The Hall–Kier alpha value is -2.13. The van der Waals surface area contributed by atoms with Gasteiger partial charge in [0.05, 0.1) is 0 Å². The van der Waals surface area contributed by atoms with Crippen LogP contribution >= 0.6 is 0 Å². The number of hydrogen-bond donors (Lipinski definition) is 2. The van der Waals surface area contributed by atoms with Gasteiger partial charge in [-0.15, -0.1) is 0 Å². The number of amides is 1. The van der Waals surface area contributed by atoms with E-state index >= 15 is 0 Å². The lowest BCUT2D eigenvalue weighted by atomic mass is 10.1. The van der Waals surface area contributed by atoms with E-state index in [1.165, 1.54) is 11.1 Å². The summed E-state index contributed by atoms with van der Waals surface area (Å²) in [6.07, 6.45) is 0.979. The average molecular weight is 282 g/mol. The highest BCUT2D eigenvalue weighted by molar-refractivity contribution is 6.04. The Labute approximate surface area is 126 Å². The molecule has 0 radical (unpaired) electrons. The quantitative estimate of drug-likeness (QED) is 0.876. The van der Waals surface area contributed by atoms with Gasteiger partial charge in [-0.05, 0) is 55.8 Å². The Morgan fingerprint density at radius 1 is 1.05 bits per heavy atom. The summed E-state index contributed by atoms with van der Waals surface area (Å²) in [7, 11) is 1.93. The monoisotopic (exact) mass is 282 g/mol. The first-order valence-corrected chi connectivity index (χ1v) is 7.31. The molecule has 0 aliphatic rings.